The molecule has 0 saturated heterocycles. The van der Waals surface area contributed by atoms with Crippen molar-refractivity contribution in [2.75, 3.05) is 6.61 Å². The van der Waals surface area contributed by atoms with Crippen LogP contribution in [0.3, 0.4) is 0 Å². The Hall–Kier alpha value is -1.82. The maximum absolute atomic E-state index is 12.9. The molecule has 0 radical (unpaired) electrons. The molecule has 108 valence electrons. The molecule has 0 aliphatic carbocycles. The van der Waals surface area contributed by atoms with Gasteiger partial charge in [-0.25, -0.2) is 8.78 Å². The van der Waals surface area contributed by atoms with E-state index in [1.165, 1.54) is 6.07 Å². The molecule has 2 aromatic carbocycles. The van der Waals surface area contributed by atoms with Crippen LogP contribution in [0, 0.1) is 0 Å². The fourth-order valence-corrected chi connectivity index (χ4v) is 1.87. The molecular formula is C14H13F4NO. The van der Waals surface area contributed by atoms with Gasteiger partial charge in [-0.05, 0) is 17.0 Å². The molecule has 0 aromatic heterocycles. The largest absolute Gasteiger partial charge is 0.486 e. The van der Waals surface area contributed by atoms with E-state index in [4.69, 9.17) is 10.5 Å². The van der Waals surface area contributed by atoms with Gasteiger partial charge in [0.05, 0.1) is 0 Å². The van der Waals surface area contributed by atoms with Gasteiger partial charge in [0.1, 0.15) is 5.75 Å². The van der Waals surface area contributed by atoms with E-state index >= 15 is 0 Å². The van der Waals surface area contributed by atoms with E-state index in [2.05, 4.69) is 0 Å². The first kappa shape index (κ1) is 14.6. The number of nitrogens with two attached hydrogens (primary N) is 1. The lowest BCUT2D eigenvalue weighted by atomic mass is 10.0. The topological polar surface area (TPSA) is 35.2 Å². The maximum atomic E-state index is 12.9. The first-order chi connectivity index (χ1) is 9.45. The van der Waals surface area contributed by atoms with Crippen molar-refractivity contribution in [2.45, 2.75) is 18.9 Å². The minimum Gasteiger partial charge on any atom is -0.486 e. The molecule has 2 aromatic rings. The standard InChI is InChI=1S/C14H13F4NO/c15-13(16)14(17,18)8-20-12-6-5-9(7-19)10-3-1-2-4-11(10)12/h1-6,13H,7-8,19H2. The zero-order valence-corrected chi connectivity index (χ0v) is 10.5. The van der Waals surface area contributed by atoms with Gasteiger partial charge in [-0.3, -0.25) is 0 Å². The second-order valence-corrected chi connectivity index (χ2v) is 4.32. The third-order valence-corrected chi connectivity index (χ3v) is 2.93. The van der Waals surface area contributed by atoms with Crippen LogP contribution < -0.4 is 10.5 Å². The van der Waals surface area contributed by atoms with E-state index in [0.717, 1.165) is 10.9 Å². The Kier molecular flexibility index (Phi) is 4.13. The van der Waals surface area contributed by atoms with Crippen LogP contribution in [0.4, 0.5) is 17.6 Å². The van der Waals surface area contributed by atoms with E-state index in [0.29, 0.717) is 5.39 Å². The number of fused-ring (bicyclic) bond motifs is 1. The third-order valence-electron chi connectivity index (χ3n) is 2.93. The predicted octanol–water partition coefficient (Wildman–Crippen LogP) is 3.58. The monoisotopic (exact) mass is 287 g/mol. The third kappa shape index (κ3) is 2.85. The van der Waals surface area contributed by atoms with Crippen LogP contribution >= 0.6 is 0 Å². The number of benzene rings is 2. The van der Waals surface area contributed by atoms with Gasteiger partial charge >= 0.3 is 12.3 Å². The van der Waals surface area contributed by atoms with Crippen molar-refractivity contribution in [3.63, 3.8) is 0 Å². The van der Waals surface area contributed by atoms with Crippen LogP contribution in [0.15, 0.2) is 36.4 Å². The summed E-state index contributed by atoms with van der Waals surface area (Å²) in [6.45, 7) is -1.08. The number of rotatable bonds is 5. The fraction of sp³-hybridized carbons (Fsp3) is 0.286. The minimum atomic E-state index is -4.17. The molecular weight excluding hydrogens is 274 g/mol. The molecule has 2 N–H and O–H groups in total. The molecule has 20 heavy (non-hydrogen) atoms. The lowest BCUT2D eigenvalue weighted by Gasteiger charge is -2.17. The fourth-order valence-electron chi connectivity index (χ4n) is 1.87. The van der Waals surface area contributed by atoms with Gasteiger partial charge in [0.15, 0.2) is 6.61 Å². The molecule has 0 atom stereocenters. The van der Waals surface area contributed by atoms with E-state index in [-0.39, 0.29) is 12.3 Å². The average molecular weight is 287 g/mol. The number of hydrogen-bond acceptors (Lipinski definition) is 2. The summed E-state index contributed by atoms with van der Waals surface area (Å²) in [4.78, 5) is 0. The zero-order valence-electron chi connectivity index (χ0n) is 10.5. The Bertz CT molecular complexity index is 601. The van der Waals surface area contributed by atoms with Crippen LogP contribution in [-0.4, -0.2) is 19.0 Å². The van der Waals surface area contributed by atoms with Gasteiger partial charge in [0.25, 0.3) is 0 Å². The van der Waals surface area contributed by atoms with Crippen molar-refractivity contribution in [2.24, 2.45) is 5.73 Å². The molecule has 0 amide bonds. The average Bonchev–Trinajstić information content (AvgIpc) is 2.44. The van der Waals surface area contributed by atoms with Gasteiger partial charge in [-0.1, -0.05) is 30.3 Å². The molecule has 0 aliphatic heterocycles. The lowest BCUT2D eigenvalue weighted by molar-refractivity contribution is -0.148. The molecule has 0 saturated carbocycles. The van der Waals surface area contributed by atoms with E-state index in [1.807, 2.05) is 0 Å². The summed E-state index contributed by atoms with van der Waals surface area (Å²) in [5, 5.41) is 1.33. The van der Waals surface area contributed by atoms with Gasteiger partial charge in [0, 0.05) is 11.9 Å². The summed E-state index contributed by atoms with van der Waals surface area (Å²) in [6, 6.07) is 10.0. The first-order valence-corrected chi connectivity index (χ1v) is 5.95. The maximum Gasteiger partial charge on any atom is 0.340 e. The van der Waals surface area contributed by atoms with Crippen LogP contribution in [0.25, 0.3) is 10.8 Å². The SMILES string of the molecule is NCc1ccc(OCC(F)(F)C(F)F)c2ccccc12. The highest BCUT2D eigenvalue weighted by Gasteiger charge is 2.41. The minimum absolute atomic E-state index is 0.137. The molecule has 0 heterocycles. The van der Waals surface area contributed by atoms with Gasteiger partial charge < -0.3 is 10.5 Å². The number of ether oxygens (including phenoxy) is 1. The summed E-state index contributed by atoms with van der Waals surface area (Å²) in [7, 11) is 0. The van der Waals surface area contributed by atoms with Gasteiger partial charge in [-0.15, -0.1) is 0 Å². The van der Waals surface area contributed by atoms with Gasteiger partial charge in [0.2, 0.25) is 0 Å². The zero-order chi connectivity index (χ0) is 14.8. The number of hydrogen-bond donors (Lipinski definition) is 1. The van der Waals surface area contributed by atoms with Crippen LogP contribution in [-0.2, 0) is 6.54 Å². The predicted molar refractivity (Wildman–Crippen MR) is 68.3 cm³/mol. The second kappa shape index (κ2) is 5.66. The summed E-state index contributed by atoms with van der Waals surface area (Å²) >= 11 is 0. The van der Waals surface area contributed by atoms with Crippen LogP contribution in [0.1, 0.15) is 5.56 Å². The van der Waals surface area contributed by atoms with Crippen molar-refractivity contribution in [3.05, 3.63) is 42.0 Å². The Labute approximate surface area is 113 Å². The molecule has 2 nitrogen and oxygen atoms in total. The highest BCUT2D eigenvalue weighted by molar-refractivity contribution is 5.91. The van der Waals surface area contributed by atoms with Crippen LogP contribution in [0.5, 0.6) is 5.75 Å². The summed E-state index contributed by atoms with van der Waals surface area (Å²) in [6.07, 6.45) is -3.75. The summed E-state index contributed by atoms with van der Waals surface area (Å²) in [5.74, 6) is -4.04. The van der Waals surface area contributed by atoms with Crippen molar-refractivity contribution >= 4 is 10.8 Å². The van der Waals surface area contributed by atoms with E-state index in [9.17, 15) is 17.6 Å². The van der Waals surface area contributed by atoms with Gasteiger partial charge in [-0.2, -0.15) is 8.78 Å². The Balaban J connectivity index is 2.32. The van der Waals surface area contributed by atoms with Crippen molar-refractivity contribution in [1.29, 1.82) is 0 Å². The molecule has 0 bridgehead atoms. The highest BCUT2D eigenvalue weighted by Crippen LogP contribution is 2.30. The Morgan fingerprint density at radius 3 is 2.30 bits per heavy atom. The first-order valence-electron chi connectivity index (χ1n) is 5.95. The summed E-state index contributed by atoms with van der Waals surface area (Å²) < 4.78 is 54.8. The Morgan fingerprint density at radius 2 is 1.70 bits per heavy atom. The van der Waals surface area contributed by atoms with E-state index in [1.54, 1.807) is 30.3 Å². The number of alkyl halides is 4. The van der Waals surface area contributed by atoms with Crippen molar-refractivity contribution in [3.8, 4) is 5.75 Å². The number of halogens is 4. The molecule has 2 rings (SSSR count). The van der Waals surface area contributed by atoms with Crippen molar-refractivity contribution in [1.82, 2.24) is 0 Å². The molecule has 0 spiro atoms. The van der Waals surface area contributed by atoms with Crippen molar-refractivity contribution < 1.29 is 22.3 Å². The van der Waals surface area contributed by atoms with Crippen LogP contribution in [0.2, 0.25) is 0 Å². The molecule has 0 unspecified atom stereocenters. The second-order valence-electron chi connectivity index (χ2n) is 4.32. The highest BCUT2D eigenvalue weighted by atomic mass is 19.3. The normalized spacial score (nSPS) is 12.1. The van der Waals surface area contributed by atoms with E-state index < -0.39 is 19.0 Å². The lowest BCUT2D eigenvalue weighted by Crippen LogP contribution is -2.33. The quantitative estimate of drug-likeness (QED) is 0.853. The molecule has 6 heteroatoms. The summed E-state index contributed by atoms with van der Waals surface area (Å²) in [5.41, 5.74) is 6.42. The smallest absolute Gasteiger partial charge is 0.340 e. The molecule has 0 aliphatic rings. The Morgan fingerprint density at radius 1 is 1.05 bits per heavy atom. The molecule has 0 fully saturated rings.